The first-order valence-corrected chi connectivity index (χ1v) is 11.2. The Bertz CT molecular complexity index is 1180. The second-order valence-corrected chi connectivity index (χ2v) is 8.68. The number of carbonyl (C=O) groups is 1. The fraction of sp³-hybridized carbons (Fsp3) is 0.250. The second kappa shape index (κ2) is 8.32. The molecule has 1 aliphatic carbocycles. The number of pyridine rings is 1. The summed E-state index contributed by atoms with van der Waals surface area (Å²) in [6.07, 6.45) is 6.13. The van der Waals surface area contributed by atoms with Crippen molar-refractivity contribution in [1.29, 1.82) is 0 Å². The topological polar surface area (TPSA) is 67.8 Å². The van der Waals surface area contributed by atoms with Crippen LogP contribution in [0.1, 0.15) is 53.4 Å². The van der Waals surface area contributed by atoms with E-state index >= 15 is 0 Å². The number of fused-ring (bicyclic) bond motifs is 1. The maximum atomic E-state index is 13.2. The van der Waals surface area contributed by atoms with Crippen LogP contribution in [0.15, 0.2) is 60.7 Å². The minimum atomic E-state index is -0.183. The molecule has 5 nitrogen and oxygen atoms in total. The minimum absolute atomic E-state index is 0.183. The Kier molecular flexibility index (Phi) is 5.24. The number of nitrogens with zero attached hydrogens (tertiary/aromatic N) is 3. The zero-order valence-electron chi connectivity index (χ0n) is 16.5. The van der Waals surface area contributed by atoms with Crippen LogP contribution in [-0.4, -0.2) is 21.1 Å². The summed E-state index contributed by atoms with van der Waals surface area (Å²) < 4.78 is 0. The Morgan fingerprint density at radius 2 is 1.70 bits per heavy atom. The van der Waals surface area contributed by atoms with Crippen molar-refractivity contribution in [2.24, 2.45) is 0 Å². The highest BCUT2D eigenvalue weighted by Crippen LogP contribution is 2.35. The van der Waals surface area contributed by atoms with E-state index in [0.717, 1.165) is 40.0 Å². The summed E-state index contributed by atoms with van der Waals surface area (Å²) >= 11 is 1.50. The summed E-state index contributed by atoms with van der Waals surface area (Å²) in [5.74, 6) is 0.297. The standard InChI is InChI=1S/C24H22N4OS/c29-22(26-24-28-27-23(30-24)17-11-5-2-6-12-17)19-15-21(16-9-3-1-4-10-16)25-20-14-8-7-13-18(19)20/h1,3-4,7-10,13-15,17H,2,5-6,11-12H2,(H,26,28,29). The van der Waals surface area contributed by atoms with Gasteiger partial charge in [-0.05, 0) is 25.0 Å². The Hall–Kier alpha value is -3.12. The van der Waals surface area contributed by atoms with E-state index in [1.807, 2.05) is 60.7 Å². The van der Waals surface area contributed by atoms with Crippen LogP contribution < -0.4 is 5.32 Å². The van der Waals surface area contributed by atoms with Gasteiger partial charge < -0.3 is 0 Å². The normalized spacial score (nSPS) is 14.7. The van der Waals surface area contributed by atoms with Crippen molar-refractivity contribution in [2.45, 2.75) is 38.0 Å². The highest BCUT2D eigenvalue weighted by atomic mass is 32.1. The summed E-state index contributed by atoms with van der Waals surface area (Å²) in [5, 5.41) is 14.0. The van der Waals surface area contributed by atoms with Crippen LogP contribution in [-0.2, 0) is 0 Å². The molecule has 150 valence electrons. The number of carbonyl (C=O) groups excluding carboxylic acids is 1. The van der Waals surface area contributed by atoms with Crippen LogP contribution in [0.25, 0.3) is 22.2 Å². The van der Waals surface area contributed by atoms with Crippen LogP contribution in [0.5, 0.6) is 0 Å². The van der Waals surface area contributed by atoms with Crippen molar-refractivity contribution in [2.75, 3.05) is 5.32 Å². The van der Waals surface area contributed by atoms with E-state index in [1.165, 1.54) is 30.6 Å². The average Bonchev–Trinajstić information content (AvgIpc) is 3.28. The van der Waals surface area contributed by atoms with Gasteiger partial charge in [0.15, 0.2) is 0 Å². The Balaban J connectivity index is 1.46. The van der Waals surface area contributed by atoms with Gasteiger partial charge in [0.25, 0.3) is 5.91 Å². The van der Waals surface area contributed by atoms with Gasteiger partial charge in [0.1, 0.15) is 5.01 Å². The number of rotatable bonds is 4. The van der Waals surface area contributed by atoms with Gasteiger partial charge in [0.05, 0.1) is 16.8 Å². The van der Waals surface area contributed by atoms with Crippen molar-refractivity contribution in [3.63, 3.8) is 0 Å². The van der Waals surface area contributed by atoms with Gasteiger partial charge in [-0.2, -0.15) is 0 Å². The van der Waals surface area contributed by atoms with Crippen LogP contribution >= 0.6 is 11.3 Å². The molecule has 0 bridgehead atoms. The van der Waals surface area contributed by atoms with Gasteiger partial charge in [-0.25, -0.2) is 4.98 Å². The molecule has 0 radical (unpaired) electrons. The number of anilines is 1. The fourth-order valence-corrected chi connectivity index (χ4v) is 4.99. The van der Waals surface area contributed by atoms with Crippen LogP contribution in [0.4, 0.5) is 5.13 Å². The molecule has 0 aliphatic heterocycles. The summed E-state index contributed by atoms with van der Waals surface area (Å²) in [6, 6.07) is 19.5. The van der Waals surface area contributed by atoms with Gasteiger partial charge in [-0.1, -0.05) is 79.1 Å². The predicted molar refractivity (Wildman–Crippen MR) is 121 cm³/mol. The number of amides is 1. The van der Waals surface area contributed by atoms with Gasteiger partial charge in [-0.15, -0.1) is 10.2 Å². The lowest BCUT2D eigenvalue weighted by Crippen LogP contribution is -2.13. The highest BCUT2D eigenvalue weighted by Gasteiger charge is 2.21. The molecule has 0 spiro atoms. The van der Waals surface area contributed by atoms with Crippen LogP contribution in [0.3, 0.4) is 0 Å². The fourth-order valence-electron chi connectivity index (χ4n) is 4.08. The Labute approximate surface area is 179 Å². The first kappa shape index (κ1) is 18.9. The van der Waals surface area contributed by atoms with Crippen molar-refractivity contribution in [3.8, 4) is 11.3 Å². The molecule has 1 fully saturated rings. The molecule has 0 saturated heterocycles. The quantitative estimate of drug-likeness (QED) is 0.441. The molecule has 1 aliphatic rings. The number of benzene rings is 2. The minimum Gasteiger partial charge on any atom is -0.296 e. The van der Waals surface area contributed by atoms with Crippen molar-refractivity contribution in [3.05, 3.63) is 71.2 Å². The largest absolute Gasteiger partial charge is 0.296 e. The number of para-hydroxylation sites is 1. The summed E-state index contributed by atoms with van der Waals surface area (Å²) in [4.78, 5) is 18.0. The summed E-state index contributed by atoms with van der Waals surface area (Å²) in [5.41, 5.74) is 3.14. The first-order chi connectivity index (χ1) is 14.8. The van der Waals surface area contributed by atoms with E-state index in [4.69, 9.17) is 4.98 Å². The zero-order valence-corrected chi connectivity index (χ0v) is 17.4. The SMILES string of the molecule is O=C(Nc1nnc(C2CCCCC2)s1)c1cc(-c2ccccc2)nc2ccccc12. The molecule has 30 heavy (non-hydrogen) atoms. The molecule has 0 atom stereocenters. The molecule has 1 N–H and O–H groups in total. The maximum Gasteiger partial charge on any atom is 0.258 e. The summed E-state index contributed by atoms with van der Waals surface area (Å²) in [6.45, 7) is 0. The molecule has 4 aromatic rings. The van der Waals surface area contributed by atoms with Gasteiger partial charge >= 0.3 is 0 Å². The van der Waals surface area contributed by atoms with Gasteiger partial charge in [-0.3, -0.25) is 10.1 Å². The van der Waals surface area contributed by atoms with Crippen LogP contribution in [0.2, 0.25) is 0 Å². The Morgan fingerprint density at radius 1 is 0.933 bits per heavy atom. The number of aromatic nitrogens is 3. The summed E-state index contributed by atoms with van der Waals surface area (Å²) in [7, 11) is 0. The molecular formula is C24H22N4OS. The molecule has 5 rings (SSSR count). The molecule has 1 amide bonds. The lowest BCUT2D eigenvalue weighted by Gasteiger charge is -2.18. The molecule has 2 aromatic carbocycles. The first-order valence-electron chi connectivity index (χ1n) is 10.4. The van der Waals surface area contributed by atoms with E-state index < -0.39 is 0 Å². The molecule has 2 heterocycles. The second-order valence-electron chi connectivity index (χ2n) is 7.67. The zero-order chi connectivity index (χ0) is 20.3. The lowest BCUT2D eigenvalue weighted by atomic mass is 9.90. The monoisotopic (exact) mass is 414 g/mol. The molecule has 6 heteroatoms. The third-order valence-corrected chi connectivity index (χ3v) is 6.65. The number of hydrogen-bond donors (Lipinski definition) is 1. The third-order valence-electron chi connectivity index (χ3n) is 5.65. The number of nitrogens with one attached hydrogen (secondary N) is 1. The van der Waals surface area contributed by atoms with E-state index in [-0.39, 0.29) is 5.91 Å². The average molecular weight is 415 g/mol. The molecule has 0 unspecified atom stereocenters. The molecule has 1 saturated carbocycles. The highest BCUT2D eigenvalue weighted by molar-refractivity contribution is 7.15. The third kappa shape index (κ3) is 3.83. The molecule has 2 aromatic heterocycles. The number of hydrogen-bond acceptors (Lipinski definition) is 5. The van der Waals surface area contributed by atoms with Gasteiger partial charge in [0, 0.05) is 16.9 Å². The van der Waals surface area contributed by atoms with E-state index in [2.05, 4.69) is 15.5 Å². The van der Waals surface area contributed by atoms with E-state index in [1.54, 1.807) is 0 Å². The van der Waals surface area contributed by atoms with Crippen molar-refractivity contribution in [1.82, 2.24) is 15.2 Å². The maximum absolute atomic E-state index is 13.2. The Morgan fingerprint density at radius 3 is 2.53 bits per heavy atom. The van der Waals surface area contributed by atoms with Crippen LogP contribution in [0, 0.1) is 0 Å². The van der Waals surface area contributed by atoms with E-state index in [0.29, 0.717) is 16.6 Å². The van der Waals surface area contributed by atoms with Gasteiger partial charge in [0.2, 0.25) is 5.13 Å². The smallest absolute Gasteiger partial charge is 0.258 e. The predicted octanol–water partition coefficient (Wildman–Crippen LogP) is 6.05. The lowest BCUT2D eigenvalue weighted by molar-refractivity contribution is 0.102. The molecular weight excluding hydrogens is 392 g/mol. The van der Waals surface area contributed by atoms with Crippen molar-refractivity contribution < 1.29 is 4.79 Å². The van der Waals surface area contributed by atoms with E-state index in [9.17, 15) is 4.79 Å². The van der Waals surface area contributed by atoms with Crippen molar-refractivity contribution >= 4 is 33.3 Å².